The van der Waals surface area contributed by atoms with Crippen molar-refractivity contribution in [2.75, 3.05) is 25.0 Å². The molecule has 0 saturated carbocycles. The molecular formula is C23H26N4O. The second kappa shape index (κ2) is 9.65. The van der Waals surface area contributed by atoms with Gasteiger partial charge >= 0.3 is 0 Å². The SMILES string of the molecule is CCN(CC)C(=O)c1cc(NCCc2ccccc2)nc(-c2ccccc2)n1. The molecule has 3 aromatic rings. The molecule has 0 atom stereocenters. The Balaban J connectivity index is 1.85. The van der Waals surface area contributed by atoms with E-state index in [0.29, 0.717) is 30.4 Å². The topological polar surface area (TPSA) is 58.1 Å². The number of aromatic nitrogens is 2. The lowest BCUT2D eigenvalue weighted by Gasteiger charge is -2.19. The van der Waals surface area contributed by atoms with Crippen LogP contribution in [0.15, 0.2) is 66.7 Å². The van der Waals surface area contributed by atoms with E-state index in [4.69, 9.17) is 0 Å². The summed E-state index contributed by atoms with van der Waals surface area (Å²) in [5.74, 6) is 1.15. The van der Waals surface area contributed by atoms with Crippen LogP contribution >= 0.6 is 0 Å². The second-order valence-electron chi connectivity index (χ2n) is 6.47. The van der Waals surface area contributed by atoms with Crippen LogP contribution < -0.4 is 5.32 Å². The molecule has 1 aromatic heterocycles. The lowest BCUT2D eigenvalue weighted by Crippen LogP contribution is -2.31. The summed E-state index contributed by atoms with van der Waals surface area (Å²) in [5, 5.41) is 3.35. The number of benzene rings is 2. The summed E-state index contributed by atoms with van der Waals surface area (Å²) in [6.45, 7) is 5.97. The first kappa shape index (κ1) is 19.5. The Bertz CT molecular complexity index is 893. The van der Waals surface area contributed by atoms with Crippen molar-refractivity contribution in [2.24, 2.45) is 0 Å². The third-order valence-electron chi connectivity index (χ3n) is 4.59. The zero-order chi connectivity index (χ0) is 19.8. The summed E-state index contributed by atoms with van der Waals surface area (Å²) in [5.41, 5.74) is 2.56. The Kier molecular flexibility index (Phi) is 6.73. The number of carbonyl (C=O) groups excluding carboxylic acids is 1. The minimum absolute atomic E-state index is 0.0734. The van der Waals surface area contributed by atoms with Gasteiger partial charge in [0.2, 0.25) is 0 Å². The van der Waals surface area contributed by atoms with Crippen LogP contribution in [0.5, 0.6) is 0 Å². The normalized spacial score (nSPS) is 10.5. The van der Waals surface area contributed by atoms with Gasteiger partial charge in [-0.25, -0.2) is 9.97 Å². The smallest absolute Gasteiger partial charge is 0.272 e. The van der Waals surface area contributed by atoms with Crippen molar-refractivity contribution in [2.45, 2.75) is 20.3 Å². The predicted molar refractivity (Wildman–Crippen MR) is 113 cm³/mol. The molecule has 0 radical (unpaired) electrons. The van der Waals surface area contributed by atoms with Gasteiger partial charge in [0.1, 0.15) is 11.5 Å². The first-order valence-corrected chi connectivity index (χ1v) is 9.72. The monoisotopic (exact) mass is 374 g/mol. The van der Waals surface area contributed by atoms with E-state index in [0.717, 1.165) is 18.5 Å². The minimum Gasteiger partial charge on any atom is -0.370 e. The average molecular weight is 374 g/mol. The molecule has 1 amide bonds. The maximum absolute atomic E-state index is 12.8. The number of carbonyl (C=O) groups is 1. The summed E-state index contributed by atoms with van der Waals surface area (Å²) in [6, 6.07) is 21.8. The molecule has 144 valence electrons. The fourth-order valence-electron chi connectivity index (χ4n) is 3.02. The van der Waals surface area contributed by atoms with E-state index in [9.17, 15) is 4.79 Å². The van der Waals surface area contributed by atoms with E-state index in [1.54, 1.807) is 11.0 Å². The van der Waals surface area contributed by atoms with Gasteiger partial charge in [-0.3, -0.25) is 4.79 Å². The van der Waals surface area contributed by atoms with Crippen LogP contribution in [0.25, 0.3) is 11.4 Å². The van der Waals surface area contributed by atoms with E-state index < -0.39 is 0 Å². The number of nitrogens with zero attached hydrogens (tertiary/aromatic N) is 3. The molecule has 0 aliphatic carbocycles. The van der Waals surface area contributed by atoms with Crippen molar-refractivity contribution < 1.29 is 4.79 Å². The molecule has 1 heterocycles. The maximum atomic E-state index is 12.8. The molecule has 3 rings (SSSR count). The molecule has 0 aliphatic heterocycles. The molecule has 0 bridgehead atoms. The van der Waals surface area contributed by atoms with Crippen molar-refractivity contribution in [1.82, 2.24) is 14.9 Å². The highest BCUT2D eigenvalue weighted by atomic mass is 16.2. The van der Waals surface area contributed by atoms with Crippen molar-refractivity contribution in [1.29, 1.82) is 0 Å². The predicted octanol–water partition coefficient (Wildman–Crippen LogP) is 4.28. The summed E-state index contributed by atoms with van der Waals surface area (Å²) in [7, 11) is 0. The summed E-state index contributed by atoms with van der Waals surface area (Å²) in [4.78, 5) is 23.8. The Morgan fingerprint density at radius 1 is 0.929 bits per heavy atom. The Hall–Kier alpha value is -3.21. The zero-order valence-corrected chi connectivity index (χ0v) is 16.4. The van der Waals surface area contributed by atoms with E-state index >= 15 is 0 Å². The van der Waals surface area contributed by atoms with E-state index in [-0.39, 0.29) is 5.91 Å². The fraction of sp³-hybridized carbons (Fsp3) is 0.261. The molecule has 0 aliphatic rings. The average Bonchev–Trinajstić information content (AvgIpc) is 2.76. The molecule has 5 nitrogen and oxygen atoms in total. The van der Waals surface area contributed by atoms with Gasteiger partial charge in [0.15, 0.2) is 5.82 Å². The van der Waals surface area contributed by atoms with Crippen LogP contribution in [0, 0.1) is 0 Å². The van der Waals surface area contributed by atoms with Gasteiger partial charge < -0.3 is 10.2 Å². The standard InChI is InChI=1S/C23H26N4O/c1-3-27(4-2)23(28)20-17-21(24-16-15-18-11-7-5-8-12-18)26-22(25-20)19-13-9-6-10-14-19/h5-14,17H,3-4,15-16H2,1-2H3,(H,24,25,26). The highest BCUT2D eigenvalue weighted by Gasteiger charge is 2.17. The Labute approximate surface area is 166 Å². The van der Waals surface area contributed by atoms with Crippen LogP contribution in [0.3, 0.4) is 0 Å². The molecule has 2 aromatic carbocycles. The maximum Gasteiger partial charge on any atom is 0.272 e. The number of nitrogens with one attached hydrogen (secondary N) is 1. The van der Waals surface area contributed by atoms with Crippen molar-refractivity contribution >= 4 is 11.7 Å². The molecule has 0 spiro atoms. The molecule has 5 heteroatoms. The van der Waals surface area contributed by atoms with E-state index in [2.05, 4.69) is 27.4 Å². The molecule has 0 fully saturated rings. The van der Waals surface area contributed by atoms with Crippen LogP contribution in [-0.4, -0.2) is 40.4 Å². The summed E-state index contributed by atoms with van der Waals surface area (Å²) < 4.78 is 0. The zero-order valence-electron chi connectivity index (χ0n) is 16.4. The van der Waals surface area contributed by atoms with Gasteiger partial charge in [-0.2, -0.15) is 0 Å². The molecule has 28 heavy (non-hydrogen) atoms. The highest BCUT2D eigenvalue weighted by molar-refractivity contribution is 5.93. The molecule has 0 unspecified atom stereocenters. The number of hydrogen-bond acceptors (Lipinski definition) is 4. The van der Waals surface area contributed by atoms with Crippen LogP contribution in [0.4, 0.5) is 5.82 Å². The van der Waals surface area contributed by atoms with Gasteiger partial charge in [-0.15, -0.1) is 0 Å². The van der Waals surface area contributed by atoms with Crippen LogP contribution in [-0.2, 0) is 6.42 Å². The Morgan fingerprint density at radius 2 is 1.57 bits per heavy atom. The first-order valence-electron chi connectivity index (χ1n) is 9.72. The van der Waals surface area contributed by atoms with Crippen molar-refractivity contribution in [3.05, 3.63) is 78.0 Å². The third kappa shape index (κ3) is 4.94. The minimum atomic E-state index is -0.0734. The van der Waals surface area contributed by atoms with Crippen molar-refractivity contribution in [3.8, 4) is 11.4 Å². The van der Waals surface area contributed by atoms with Gasteiger partial charge in [-0.1, -0.05) is 60.7 Å². The summed E-state index contributed by atoms with van der Waals surface area (Å²) in [6.07, 6.45) is 0.880. The molecule has 0 saturated heterocycles. The molecule has 1 N–H and O–H groups in total. The largest absolute Gasteiger partial charge is 0.370 e. The van der Waals surface area contributed by atoms with Gasteiger partial charge in [0, 0.05) is 31.3 Å². The lowest BCUT2D eigenvalue weighted by atomic mass is 10.1. The molecular weight excluding hydrogens is 348 g/mol. The summed E-state index contributed by atoms with van der Waals surface area (Å²) >= 11 is 0. The number of hydrogen-bond donors (Lipinski definition) is 1. The van der Waals surface area contributed by atoms with E-state index in [1.807, 2.05) is 62.4 Å². The Morgan fingerprint density at radius 3 is 2.21 bits per heavy atom. The van der Waals surface area contributed by atoms with E-state index in [1.165, 1.54) is 5.56 Å². The second-order valence-corrected chi connectivity index (χ2v) is 6.47. The fourth-order valence-corrected chi connectivity index (χ4v) is 3.02. The van der Waals surface area contributed by atoms with Gasteiger partial charge in [-0.05, 0) is 25.8 Å². The van der Waals surface area contributed by atoms with Crippen LogP contribution in [0.1, 0.15) is 29.9 Å². The van der Waals surface area contributed by atoms with Crippen LogP contribution in [0.2, 0.25) is 0 Å². The lowest BCUT2D eigenvalue weighted by molar-refractivity contribution is 0.0767. The number of anilines is 1. The highest BCUT2D eigenvalue weighted by Crippen LogP contribution is 2.19. The van der Waals surface area contributed by atoms with Crippen molar-refractivity contribution in [3.63, 3.8) is 0 Å². The van der Waals surface area contributed by atoms with Gasteiger partial charge in [0.05, 0.1) is 0 Å². The number of amides is 1. The first-order chi connectivity index (χ1) is 13.7. The number of rotatable bonds is 8. The van der Waals surface area contributed by atoms with Gasteiger partial charge in [0.25, 0.3) is 5.91 Å². The third-order valence-corrected chi connectivity index (χ3v) is 4.59. The quantitative estimate of drug-likeness (QED) is 0.639.